The average molecular weight is 762 g/mol. The van der Waals surface area contributed by atoms with Gasteiger partial charge in [0.05, 0.1) is 18.0 Å². The van der Waals surface area contributed by atoms with Gasteiger partial charge in [0.15, 0.2) is 11.5 Å². The van der Waals surface area contributed by atoms with Crippen LogP contribution in [0.25, 0.3) is 115 Å². The number of fused-ring (bicyclic) bond motifs is 5. The molecule has 0 amide bonds. The smallest absolute Gasteiger partial charge is 0.187 e. The van der Waals surface area contributed by atoms with E-state index in [1.165, 1.54) is 60.0 Å². The molecule has 3 heteroatoms. The van der Waals surface area contributed by atoms with Crippen molar-refractivity contribution in [2.45, 2.75) is 0 Å². The summed E-state index contributed by atoms with van der Waals surface area (Å²) in [5.74, 6) is 0.679. The van der Waals surface area contributed by atoms with Gasteiger partial charge < -0.3 is 0 Å². The fraction of sp³-hybridized carbons (Fsp3) is 0. The Bertz CT molecular complexity index is 3470. The Kier molecular flexibility index (Phi) is 8.54. The second-order valence-electron chi connectivity index (χ2n) is 15.3. The summed E-state index contributed by atoms with van der Waals surface area (Å²) in [5, 5.41) is 9.91. The van der Waals surface area contributed by atoms with Gasteiger partial charge in [0, 0.05) is 16.7 Å². The van der Waals surface area contributed by atoms with Gasteiger partial charge in [-0.2, -0.15) is 0 Å². The first-order valence-electron chi connectivity index (χ1n) is 20.2. The van der Waals surface area contributed by atoms with Crippen LogP contribution in [0, 0.1) is 6.57 Å². The van der Waals surface area contributed by atoms with Gasteiger partial charge >= 0.3 is 0 Å². The van der Waals surface area contributed by atoms with Crippen molar-refractivity contribution < 1.29 is 0 Å². The van der Waals surface area contributed by atoms with E-state index >= 15 is 0 Å². The van der Waals surface area contributed by atoms with Crippen molar-refractivity contribution in [3.8, 4) is 67.3 Å². The Morgan fingerprint density at radius 2 is 0.833 bits per heavy atom. The van der Waals surface area contributed by atoms with Crippen molar-refractivity contribution in [3.63, 3.8) is 0 Å². The lowest BCUT2D eigenvalue weighted by Crippen LogP contribution is -1.96. The van der Waals surface area contributed by atoms with E-state index in [1.54, 1.807) is 0 Å². The summed E-state index contributed by atoms with van der Waals surface area (Å²) in [6, 6.07) is 75.0. The normalized spacial score (nSPS) is 11.3. The lowest BCUT2D eigenvalue weighted by molar-refractivity contribution is 1.18. The summed E-state index contributed by atoms with van der Waals surface area (Å²) in [7, 11) is 0. The van der Waals surface area contributed by atoms with Gasteiger partial charge in [-0.1, -0.05) is 182 Å². The van der Waals surface area contributed by atoms with E-state index in [-0.39, 0.29) is 0 Å². The highest BCUT2D eigenvalue weighted by atomic mass is 14.9. The quantitative estimate of drug-likeness (QED) is 0.0959. The third-order valence-electron chi connectivity index (χ3n) is 11.7. The standard InChI is InChI=1S/C57H35N3/c1-58-49-29-26-38(27-30-49)42-14-9-15-47(33-42)54-36-55(60-57(59-54)41-11-3-2-4-12-41)48-25-24-44-32-43(22-23-45(44)34-48)37-18-20-40(21-19-37)56-51-17-8-6-13-46(51)35-53-50-16-7-5-10-39(50)28-31-52(53)56/h2-36H. The molecule has 0 unspecified atom stereocenters. The van der Waals surface area contributed by atoms with Crippen molar-refractivity contribution >= 4 is 48.8 Å². The van der Waals surface area contributed by atoms with Crippen LogP contribution in [0.2, 0.25) is 0 Å². The van der Waals surface area contributed by atoms with Crippen molar-refractivity contribution in [2.24, 2.45) is 0 Å². The zero-order valence-electron chi connectivity index (χ0n) is 32.5. The van der Waals surface area contributed by atoms with Crippen LogP contribution in [0.3, 0.4) is 0 Å². The highest BCUT2D eigenvalue weighted by Gasteiger charge is 2.15. The summed E-state index contributed by atoms with van der Waals surface area (Å²) in [4.78, 5) is 13.8. The summed E-state index contributed by atoms with van der Waals surface area (Å²) < 4.78 is 0. The van der Waals surface area contributed by atoms with Gasteiger partial charge in [-0.05, 0) is 107 Å². The maximum Gasteiger partial charge on any atom is 0.187 e. The fourth-order valence-electron chi connectivity index (χ4n) is 8.59. The van der Waals surface area contributed by atoms with Crippen LogP contribution in [0.15, 0.2) is 212 Å². The lowest BCUT2D eigenvalue weighted by atomic mass is 9.89. The van der Waals surface area contributed by atoms with Crippen LogP contribution in [-0.4, -0.2) is 9.97 Å². The van der Waals surface area contributed by atoms with Gasteiger partial charge in [0.1, 0.15) is 0 Å². The molecule has 0 fully saturated rings. The summed E-state index contributed by atoms with van der Waals surface area (Å²) >= 11 is 0. The van der Waals surface area contributed by atoms with E-state index < -0.39 is 0 Å². The fourth-order valence-corrected chi connectivity index (χ4v) is 8.59. The summed E-state index contributed by atoms with van der Waals surface area (Å²) in [5.41, 5.74) is 12.3. The molecule has 11 aromatic rings. The maximum absolute atomic E-state index is 7.33. The van der Waals surface area contributed by atoms with Crippen molar-refractivity contribution in [3.05, 3.63) is 224 Å². The number of nitrogens with zero attached hydrogens (tertiary/aromatic N) is 3. The van der Waals surface area contributed by atoms with Crippen molar-refractivity contribution in [2.75, 3.05) is 0 Å². The minimum absolute atomic E-state index is 0.629. The molecule has 0 saturated heterocycles. The topological polar surface area (TPSA) is 30.1 Å². The van der Waals surface area contributed by atoms with Crippen molar-refractivity contribution in [1.29, 1.82) is 0 Å². The monoisotopic (exact) mass is 761 g/mol. The predicted octanol–water partition coefficient (Wildman–Crippen LogP) is 15.6. The molecule has 3 nitrogen and oxygen atoms in total. The highest BCUT2D eigenvalue weighted by molar-refractivity contribution is 6.20. The maximum atomic E-state index is 7.33. The molecule has 1 heterocycles. The van der Waals surface area contributed by atoms with E-state index in [2.05, 4.69) is 175 Å². The van der Waals surface area contributed by atoms with E-state index in [1.807, 2.05) is 42.5 Å². The molecule has 0 spiro atoms. The van der Waals surface area contributed by atoms with Gasteiger partial charge in [-0.15, -0.1) is 0 Å². The molecule has 1 aromatic heterocycles. The van der Waals surface area contributed by atoms with Crippen LogP contribution in [0.1, 0.15) is 0 Å². The molecule has 0 aliphatic carbocycles. The minimum Gasteiger partial charge on any atom is -0.238 e. The zero-order chi connectivity index (χ0) is 40.0. The van der Waals surface area contributed by atoms with Gasteiger partial charge in [-0.25, -0.2) is 14.8 Å². The highest BCUT2D eigenvalue weighted by Crippen LogP contribution is 2.40. The van der Waals surface area contributed by atoms with E-state index in [9.17, 15) is 0 Å². The molecule has 0 aliphatic heterocycles. The van der Waals surface area contributed by atoms with Crippen LogP contribution < -0.4 is 0 Å². The number of hydrogen-bond donors (Lipinski definition) is 0. The average Bonchev–Trinajstić information content (AvgIpc) is 3.33. The Labute approximate surface area is 348 Å². The summed E-state index contributed by atoms with van der Waals surface area (Å²) in [6.07, 6.45) is 0. The lowest BCUT2D eigenvalue weighted by Gasteiger charge is -2.15. The largest absolute Gasteiger partial charge is 0.238 e. The van der Waals surface area contributed by atoms with Crippen LogP contribution in [-0.2, 0) is 0 Å². The Hall–Kier alpha value is -8.19. The molecule has 0 aliphatic rings. The van der Waals surface area contributed by atoms with E-state index in [0.717, 1.165) is 44.6 Å². The molecule has 0 saturated carbocycles. The summed E-state index contributed by atoms with van der Waals surface area (Å²) in [6.45, 7) is 7.33. The Morgan fingerprint density at radius 3 is 1.58 bits per heavy atom. The van der Waals surface area contributed by atoms with Crippen molar-refractivity contribution in [1.82, 2.24) is 9.97 Å². The van der Waals surface area contributed by atoms with Crippen LogP contribution >= 0.6 is 0 Å². The Balaban J connectivity index is 0.947. The third kappa shape index (κ3) is 6.34. The van der Waals surface area contributed by atoms with Crippen LogP contribution in [0.4, 0.5) is 5.69 Å². The first kappa shape index (κ1) is 35.0. The van der Waals surface area contributed by atoms with E-state index in [0.29, 0.717) is 11.5 Å². The first-order chi connectivity index (χ1) is 29.6. The zero-order valence-corrected chi connectivity index (χ0v) is 32.5. The molecule has 11 rings (SSSR count). The second-order valence-corrected chi connectivity index (χ2v) is 15.3. The predicted molar refractivity (Wildman–Crippen MR) is 251 cm³/mol. The number of aromatic nitrogens is 2. The van der Waals surface area contributed by atoms with Crippen LogP contribution in [0.5, 0.6) is 0 Å². The molecule has 0 N–H and O–H groups in total. The van der Waals surface area contributed by atoms with Gasteiger partial charge in [-0.3, -0.25) is 0 Å². The van der Waals surface area contributed by atoms with Gasteiger partial charge in [0.25, 0.3) is 0 Å². The molecule has 10 aromatic carbocycles. The Morgan fingerprint density at radius 1 is 0.300 bits per heavy atom. The molecular weight excluding hydrogens is 727 g/mol. The molecule has 0 bridgehead atoms. The number of rotatable bonds is 6. The third-order valence-corrected chi connectivity index (χ3v) is 11.7. The molecular formula is C57H35N3. The molecule has 0 atom stereocenters. The molecule has 278 valence electrons. The second kappa shape index (κ2) is 14.6. The first-order valence-corrected chi connectivity index (χ1v) is 20.2. The number of benzene rings is 10. The number of hydrogen-bond acceptors (Lipinski definition) is 2. The van der Waals surface area contributed by atoms with Gasteiger partial charge in [0.2, 0.25) is 0 Å². The minimum atomic E-state index is 0.629. The molecule has 60 heavy (non-hydrogen) atoms. The SMILES string of the molecule is [C-]#[N+]c1ccc(-c2cccc(-c3cc(-c4ccc5cc(-c6ccc(-c7c8ccccc8cc8c7ccc7ccccc78)cc6)ccc5c4)nc(-c4ccccc4)n3)c2)cc1. The van der Waals surface area contributed by atoms with E-state index in [4.69, 9.17) is 16.5 Å². The molecule has 0 radical (unpaired) electrons.